The van der Waals surface area contributed by atoms with Crippen LogP contribution in [0.15, 0.2) is 109 Å². The molecule has 0 aromatic rings. The van der Waals surface area contributed by atoms with Crippen molar-refractivity contribution in [2.45, 2.75) is 290 Å². The lowest BCUT2D eigenvalue weighted by atomic mass is 10.0. The van der Waals surface area contributed by atoms with E-state index >= 15 is 0 Å². The number of hydrogen-bond acceptors (Lipinski definition) is 6. The molecular formula is C68H114O6. The van der Waals surface area contributed by atoms with E-state index in [1.165, 1.54) is 103 Å². The minimum Gasteiger partial charge on any atom is -0.462 e. The van der Waals surface area contributed by atoms with Crippen LogP contribution in [0.5, 0.6) is 0 Å². The van der Waals surface area contributed by atoms with Gasteiger partial charge in [-0.3, -0.25) is 14.4 Å². The van der Waals surface area contributed by atoms with Gasteiger partial charge >= 0.3 is 17.9 Å². The van der Waals surface area contributed by atoms with Crippen molar-refractivity contribution < 1.29 is 28.6 Å². The van der Waals surface area contributed by atoms with E-state index in [4.69, 9.17) is 14.2 Å². The lowest BCUT2D eigenvalue weighted by molar-refractivity contribution is -0.167. The first-order valence-corrected chi connectivity index (χ1v) is 30.9. The summed E-state index contributed by atoms with van der Waals surface area (Å²) in [4.78, 5) is 38.2. The van der Waals surface area contributed by atoms with Gasteiger partial charge in [-0.2, -0.15) is 0 Å². The van der Waals surface area contributed by atoms with Crippen molar-refractivity contribution in [1.82, 2.24) is 0 Å². The Labute approximate surface area is 457 Å². The third-order valence-electron chi connectivity index (χ3n) is 13.0. The number of hydrogen-bond donors (Lipinski definition) is 0. The van der Waals surface area contributed by atoms with Crippen molar-refractivity contribution in [1.29, 1.82) is 0 Å². The molecule has 0 amide bonds. The number of ether oxygens (including phenoxy) is 3. The van der Waals surface area contributed by atoms with Gasteiger partial charge in [0, 0.05) is 19.3 Å². The Kier molecular flexibility index (Phi) is 58.3. The van der Waals surface area contributed by atoms with Gasteiger partial charge in [0.25, 0.3) is 0 Å². The number of allylic oxidation sites excluding steroid dienone is 18. The van der Waals surface area contributed by atoms with Crippen LogP contribution in [-0.2, 0) is 28.6 Å². The fraction of sp³-hybridized carbons (Fsp3) is 0.691. The smallest absolute Gasteiger partial charge is 0.306 e. The molecule has 1 atom stereocenters. The zero-order valence-electron chi connectivity index (χ0n) is 48.3. The molecule has 6 heteroatoms. The van der Waals surface area contributed by atoms with Crippen molar-refractivity contribution >= 4 is 17.9 Å². The van der Waals surface area contributed by atoms with E-state index < -0.39 is 6.10 Å². The lowest BCUT2D eigenvalue weighted by Gasteiger charge is -2.18. The molecule has 0 saturated heterocycles. The molecule has 6 nitrogen and oxygen atoms in total. The Hall–Kier alpha value is -3.93. The summed E-state index contributed by atoms with van der Waals surface area (Å²) >= 11 is 0. The van der Waals surface area contributed by atoms with E-state index in [1.54, 1.807) is 0 Å². The van der Waals surface area contributed by atoms with Crippen molar-refractivity contribution in [3.63, 3.8) is 0 Å². The van der Waals surface area contributed by atoms with Crippen molar-refractivity contribution in [3.8, 4) is 0 Å². The molecule has 0 rings (SSSR count). The summed E-state index contributed by atoms with van der Waals surface area (Å²) in [5, 5.41) is 0. The van der Waals surface area contributed by atoms with E-state index in [-0.39, 0.29) is 31.1 Å². The zero-order valence-corrected chi connectivity index (χ0v) is 48.3. The highest BCUT2D eigenvalue weighted by Crippen LogP contribution is 2.16. The van der Waals surface area contributed by atoms with Crippen LogP contribution in [0.25, 0.3) is 0 Å². The SMILES string of the molecule is CC/C=C\C/C=C\C/C=C\C/C=C\CCCCCCCCCCCCCCCCC(=O)OCC(COC(=O)CCCCCCC/C=C\CCC)OC(=O)CCCCCCCC/C=C\C/C=C\C/C=C\C/C=C\CC. The van der Waals surface area contributed by atoms with Gasteiger partial charge in [0.05, 0.1) is 0 Å². The molecule has 0 bridgehead atoms. The van der Waals surface area contributed by atoms with Gasteiger partial charge in [-0.1, -0.05) is 259 Å². The van der Waals surface area contributed by atoms with Gasteiger partial charge in [0.1, 0.15) is 13.2 Å². The Balaban J connectivity index is 4.25. The van der Waals surface area contributed by atoms with E-state index in [9.17, 15) is 14.4 Å². The van der Waals surface area contributed by atoms with Crippen molar-refractivity contribution in [2.24, 2.45) is 0 Å². The topological polar surface area (TPSA) is 78.9 Å². The summed E-state index contributed by atoms with van der Waals surface area (Å²) in [6, 6.07) is 0. The Bertz CT molecular complexity index is 1510. The van der Waals surface area contributed by atoms with Crippen molar-refractivity contribution in [3.05, 3.63) is 109 Å². The van der Waals surface area contributed by atoms with Crippen LogP contribution in [0.4, 0.5) is 0 Å². The van der Waals surface area contributed by atoms with Crippen LogP contribution in [0, 0.1) is 0 Å². The average molecular weight is 1030 g/mol. The predicted octanol–water partition coefficient (Wildman–Crippen LogP) is 21.0. The van der Waals surface area contributed by atoms with E-state index in [2.05, 4.69) is 130 Å². The molecule has 0 fully saturated rings. The molecule has 0 aromatic heterocycles. The van der Waals surface area contributed by atoms with Crippen LogP contribution >= 0.6 is 0 Å². The van der Waals surface area contributed by atoms with E-state index in [0.717, 1.165) is 141 Å². The number of esters is 3. The highest BCUT2D eigenvalue weighted by molar-refractivity contribution is 5.71. The summed E-state index contributed by atoms with van der Waals surface area (Å²) < 4.78 is 16.9. The zero-order chi connectivity index (χ0) is 53.6. The summed E-state index contributed by atoms with van der Waals surface area (Å²) in [5.41, 5.74) is 0. The summed E-state index contributed by atoms with van der Waals surface area (Å²) in [7, 11) is 0. The van der Waals surface area contributed by atoms with Gasteiger partial charge in [0.2, 0.25) is 0 Å². The van der Waals surface area contributed by atoms with Gasteiger partial charge < -0.3 is 14.2 Å². The molecule has 0 aromatic carbocycles. The molecule has 1 unspecified atom stereocenters. The van der Waals surface area contributed by atoms with Gasteiger partial charge in [-0.25, -0.2) is 0 Å². The summed E-state index contributed by atoms with van der Waals surface area (Å²) in [6.45, 7) is 6.35. The van der Waals surface area contributed by atoms with E-state index in [0.29, 0.717) is 19.3 Å². The minimum absolute atomic E-state index is 0.0868. The maximum atomic E-state index is 12.9. The second kappa shape index (κ2) is 61.6. The second-order valence-electron chi connectivity index (χ2n) is 20.2. The maximum absolute atomic E-state index is 12.9. The first-order chi connectivity index (χ1) is 36.5. The Morgan fingerprint density at radius 3 is 0.838 bits per heavy atom. The first kappa shape index (κ1) is 70.1. The standard InChI is InChI=1S/C68H114O6/c1-4-7-10-13-16-19-22-24-26-28-30-31-32-33-34-35-36-37-39-40-42-44-46-49-52-55-58-61-67(70)73-64-65(63-72-66(69)60-57-54-51-48-21-18-15-12-9-6-3)74-68(71)62-59-56-53-50-47-45-43-41-38-29-27-25-23-20-17-14-11-8-5-2/h7-8,10-12,15-17,19-20,24-27,30-31,38,41,65H,4-6,9,13-14,18,21-23,28-29,32-37,39-40,42-64H2,1-3H3/b10-7-,11-8-,15-12-,19-16-,20-17-,26-24-,27-25-,31-30-,41-38-. The molecule has 0 aliphatic rings. The fourth-order valence-electron chi connectivity index (χ4n) is 8.43. The van der Waals surface area contributed by atoms with Gasteiger partial charge in [0.15, 0.2) is 6.10 Å². The maximum Gasteiger partial charge on any atom is 0.306 e. The minimum atomic E-state index is -0.790. The number of rotatable bonds is 55. The normalized spacial score (nSPS) is 12.9. The number of carbonyl (C=O) groups is 3. The monoisotopic (exact) mass is 1030 g/mol. The molecule has 0 N–H and O–H groups in total. The number of unbranched alkanes of at least 4 members (excludes halogenated alkanes) is 26. The molecule has 0 radical (unpaired) electrons. The summed E-state index contributed by atoms with van der Waals surface area (Å²) in [5.74, 6) is -0.908. The van der Waals surface area contributed by atoms with Crippen LogP contribution in [0.1, 0.15) is 284 Å². The quantitative estimate of drug-likeness (QED) is 0.0261. The largest absolute Gasteiger partial charge is 0.462 e. The molecular weight excluding hydrogens is 913 g/mol. The average Bonchev–Trinajstić information content (AvgIpc) is 3.40. The first-order valence-electron chi connectivity index (χ1n) is 30.9. The highest BCUT2D eigenvalue weighted by Gasteiger charge is 2.19. The molecule has 0 aliphatic carbocycles. The Morgan fingerprint density at radius 1 is 0.284 bits per heavy atom. The van der Waals surface area contributed by atoms with Gasteiger partial charge in [-0.15, -0.1) is 0 Å². The number of carbonyl (C=O) groups excluding carboxylic acids is 3. The predicted molar refractivity (Wildman–Crippen MR) is 320 cm³/mol. The highest BCUT2D eigenvalue weighted by atomic mass is 16.6. The van der Waals surface area contributed by atoms with Crippen LogP contribution in [0.2, 0.25) is 0 Å². The summed E-state index contributed by atoms with van der Waals surface area (Å²) in [6.07, 6.45) is 83.9. The molecule has 74 heavy (non-hydrogen) atoms. The van der Waals surface area contributed by atoms with Crippen LogP contribution in [0.3, 0.4) is 0 Å². The molecule has 0 aliphatic heterocycles. The van der Waals surface area contributed by atoms with Crippen LogP contribution < -0.4 is 0 Å². The molecule has 0 heterocycles. The molecule has 0 spiro atoms. The van der Waals surface area contributed by atoms with Crippen LogP contribution in [-0.4, -0.2) is 37.2 Å². The Morgan fingerprint density at radius 2 is 0.527 bits per heavy atom. The molecule has 0 saturated carbocycles. The third kappa shape index (κ3) is 59.0. The third-order valence-corrected chi connectivity index (χ3v) is 13.0. The fourth-order valence-corrected chi connectivity index (χ4v) is 8.43. The van der Waals surface area contributed by atoms with Crippen molar-refractivity contribution in [2.75, 3.05) is 13.2 Å². The van der Waals surface area contributed by atoms with Gasteiger partial charge in [-0.05, 0) is 116 Å². The second-order valence-corrected chi connectivity index (χ2v) is 20.2. The lowest BCUT2D eigenvalue weighted by Crippen LogP contribution is -2.30. The van der Waals surface area contributed by atoms with E-state index in [1.807, 2.05) is 0 Å². The molecule has 422 valence electrons.